The van der Waals surface area contributed by atoms with E-state index >= 15 is 0 Å². The fraction of sp³-hybridized carbons (Fsp3) is 0.200. The molecule has 0 atom stereocenters. The standard InChI is InChI=1S/C15H14ClF2NO3S/c16-14-2-1-3-15(18)13(14)10-23(20,21)19-8-9-22-12-6-4-11(17)5-7-12/h1-7,19H,8-10H2. The van der Waals surface area contributed by atoms with Crippen LogP contribution >= 0.6 is 11.6 Å². The predicted molar refractivity (Wildman–Crippen MR) is 83.9 cm³/mol. The summed E-state index contributed by atoms with van der Waals surface area (Å²) in [6.07, 6.45) is 0. The number of benzene rings is 2. The van der Waals surface area contributed by atoms with Gasteiger partial charge in [0.1, 0.15) is 24.0 Å². The highest BCUT2D eigenvalue weighted by atomic mass is 35.5. The summed E-state index contributed by atoms with van der Waals surface area (Å²) in [7, 11) is -3.76. The van der Waals surface area contributed by atoms with E-state index in [4.69, 9.17) is 16.3 Å². The molecule has 2 aromatic rings. The Hall–Kier alpha value is -1.70. The first kappa shape index (κ1) is 17.7. The zero-order valence-corrected chi connectivity index (χ0v) is 13.5. The van der Waals surface area contributed by atoms with E-state index in [2.05, 4.69) is 4.72 Å². The molecule has 23 heavy (non-hydrogen) atoms. The Kier molecular flexibility index (Phi) is 5.92. The quantitative estimate of drug-likeness (QED) is 0.771. The van der Waals surface area contributed by atoms with Crippen molar-refractivity contribution in [1.82, 2.24) is 4.72 Å². The van der Waals surface area contributed by atoms with E-state index in [1.807, 2.05) is 0 Å². The fourth-order valence-corrected chi connectivity index (χ4v) is 3.29. The van der Waals surface area contributed by atoms with Gasteiger partial charge in [-0.2, -0.15) is 0 Å². The molecular weight excluding hydrogens is 348 g/mol. The lowest BCUT2D eigenvalue weighted by atomic mass is 10.2. The molecule has 0 aliphatic carbocycles. The third-order valence-corrected chi connectivity index (χ3v) is 4.57. The van der Waals surface area contributed by atoms with E-state index in [-0.39, 0.29) is 29.6 Å². The lowest BCUT2D eigenvalue weighted by molar-refractivity contribution is 0.322. The Morgan fingerprint density at radius 1 is 1.09 bits per heavy atom. The smallest absolute Gasteiger partial charge is 0.216 e. The van der Waals surface area contributed by atoms with Crippen molar-refractivity contribution < 1.29 is 21.9 Å². The number of rotatable bonds is 7. The minimum absolute atomic E-state index is 0.00815. The molecule has 0 bridgehead atoms. The van der Waals surface area contributed by atoms with Gasteiger partial charge in [0.05, 0.1) is 5.75 Å². The molecule has 0 saturated heterocycles. The second kappa shape index (κ2) is 7.72. The number of nitrogens with one attached hydrogen (secondary N) is 1. The first-order valence-corrected chi connectivity index (χ1v) is 8.69. The molecule has 0 aromatic heterocycles. The summed E-state index contributed by atoms with van der Waals surface area (Å²) in [4.78, 5) is 0. The van der Waals surface area contributed by atoms with Crippen LogP contribution in [0.25, 0.3) is 0 Å². The molecule has 0 heterocycles. The molecule has 0 saturated carbocycles. The van der Waals surface area contributed by atoms with Crippen LogP contribution in [0.5, 0.6) is 5.75 Å². The topological polar surface area (TPSA) is 55.4 Å². The molecule has 8 heteroatoms. The maximum Gasteiger partial charge on any atom is 0.216 e. The molecule has 0 unspecified atom stereocenters. The summed E-state index contributed by atoms with van der Waals surface area (Å²) in [5, 5.41) is 0.0536. The summed E-state index contributed by atoms with van der Waals surface area (Å²) in [5.41, 5.74) is -0.0823. The minimum atomic E-state index is -3.76. The van der Waals surface area contributed by atoms with E-state index < -0.39 is 21.6 Å². The van der Waals surface area contributed by atoms with Crippen molar-refractivity contribution in [2.24, 2.45) is 0 Å². The Balaban J connectivity index is 1.86. The van der Waals surface area contributed by atoms with E-state index in [9.17, 15) is 17.2 Å². The van der Waals surface area contributed by atoms with Crippen LogP contribution in [0.15, 0.2) is 42.5 Å². The zero-order chi connectivity index (χ0) is 16.9. The number of ether oxygens (including phenoxy) is 1. The summed E-state index contributed by atoms with van der Waals surface area (Å²) in [5.74, 6) is -1.21. The summed E-state index contributed by atoms with van der Waals surface area (Å²) < 4.78 is 57.7. The van der Waals surface area contributed by atoms with Gasteiger partial charge in [0, 0.05) is 17.1 Å². The van der Waals surface area contributed by atoms with Crippen molar-refractivity contribution in [2.45, 2.75) is 5.75 Å². The van der Waals surface area contributed by atoms with Crippen molar-refractivity contribution in [3.05, 3.63) is 64.7 Å². The van der Waals surface area contributed by atoms with Gasteiger partial charge in [-0.1, -0.05) is 17.7 Å². The minimum Gasteiger partial charge on any atom is -0.492 e. The Morgan fingerprint density at radius 2 is 1.78 bits per heavy atom. The van der Waals surface area contributed by atoms with Crippen molar-refractivity contribution in [2.75, 3.05) is 13.2 Å². The van der Waals surface area contributed by atoms with Gasteiger partial charge in [-0.05, 0) is 36.4 Å². The highest BCUT2D eigenvalue weighted by molar-refractivity contribution is 7.88. The van der Waals surface area contributed by atoms with Crippen LogP contribution in [0, 0.1) is 11.6 Å². The van der Waals surface area contributed by atoms with Gasteiger partial charge in [0.2, 0.25) is 10.0 Å². The SMILES string of the molecule is O=S(=O)(Cc1c(F)cccc1Cl)NCCOc1ccc(F)cc1. The average Bonchev–Trinajstić information content (AvgIpc) is 2.49. The number of hydrogen-bond acceptors (Lipinski definition) is 3. The summed E-state index contributed by atoms with van der Waals surface area (Å²) in [6, 6.07) is 9.31. The molecule has 0 fully saturated rings. The lowest BCUT2D eigenvalue weighted by Crippen LogP contribution is -2.29. The van der Waals surface area contributed by atoms with E-state index in [1.165, 1.54) is 36.4 Å². The normalized spacial score (nSPS) is 11.4. The van der Waals surface area contributed by atoms with Gasteiger partial charge in [0.15, 0.2) is 0 Å². The van der Waals surface area contributed by atoms with Crippen molar-refractivity contribution in [3.63, 3.8) is 0 Å². The Morgan fingerprint density at radius 3 is 2.43 bits per heavy atom. The van der Waals surface area contributed by atoms with E-state index in [0.717, 1.165) is 6.07 Å². The zero-order valence-electron chi connectivity index (χ0n) is 11.9. The van der Waals surface area contributed by atoms with Gasteiger partial charge in [-0.3, -0.25) is 0 Å². The van der Waals surface area contributed by atoms with Crippen LogP contribution in [-0.4, -0.2) is 21.6 Å². The molecule has 0 radical (unpaired) electrons. The molecule has 1 N–H and O–H groups in total. The fourth-order valence-electron chi connectivity index (χ4n) is 1.81. The van der Waals surface area contributed by atoms with Crippen molar-refractivity contribution >= 4 is 21.6 Å². The van der Waals surface area contributed by atoms with Crippen LogP contribution in [0.1, 0.15) is 5.56 Å². The van der Waals surface area contributed by atoms with Crippen LogP contribution in [0.4, 0.5) is 8.78 Å². The Labute approximate surface area is 138 Å². The van der Waals surface area contributed by atoms with E-state index in [1.54, 1.807) is 0 Å². The second-order valence-corrected chi connectivity index (χ2v) is 6.87. The molecule has 0 aliphatic rings. The number of sulfonamides is 1. The van der Waals surface area contributed by atoms with Gasteiger partial charge >= 0.3 is 0 Å². The summed E-state index contributed by atoms with van der Waals surface area (Å²) in [6.45, 7) is 0.0433. The molecule has 2 aromatic carbocycles. The number of hydrogen-bond donors (Lipinski definition) is 1. The molecular formula is C15H14ClF2NO3S. The van der Waals surface area contributed by atoms with Crippen LogP contribution in [0.3, 0.4) is 0 Å². The molecule has 2 rings (SSSR count). The maximum absolute atomic E-state index is 13.6. The third-order valence-electron chi connectivity index (χ3n) is 2.90. The molecule has 0 spiro atoms. The maximum atomic E-state index is 13.6. The van der Waals surface area contributed by atoms with Crippen molar-refractivity contribution in [3.8, 4) is 5.75 Å². The van der Waals surface area contributed by atoms with E-state index in [0.29, 0.717) is 5.75 Å². The van der Waals surface area contributed by atoms with Gasteiger partial charge in [0.25, 0.3) is 0 Å². The molecule has 0 amide bonds. The average molecular weight is 362 g/mol. The molecule has 4 nitrogen and oxygen atoms in total. The second-order valence-electron chi connectivity index (χ2n) is 4.66. The highest BCUT2D eigenvalue weighted by Crippen LogP contribution is 2.20. The largest absolute Gasteiger partial charge is 0.492 e. The predicted octanol–water partition coefficient (Wildman–Crippen LogP) is 3.12. The Bertz CT molecular complexity index is 747. The summed E-state index contributed by atoms with van der Waals surface area (Å²) >= 11 is 5.80. The third kappa shape index (κ3) is 5.46. The van der Waals surface area contributed by atoms with Gasteiger partial charge in [-0.15, -0.1) is 0 Å². The first-order chi connectivity index (χ1) is 10.9. The first-order valence-electron chi connectivity index (χ1n) is 6.66. The van der Waals surface area contributed by atoms with Gasteiger partial charge < -0.3 is 4.74 Å². The van der Waals surface area contributed by atoms with Crippen LogP contribution in [0.2, 0.25) is 5.02 Å². The molecule has 124 valence electrons. The van der Waals surface area contributed by atoms with Gasteiger partial charge in [-0.25, -0.2) is 21.9 Å². The van der Waals surface area contributed by atoms with Crippen molar-refractivity contribution in [1.29, 1.82) is 0 Å². The van der Waals surface area contributed by atoms with Crippen LogP contribution < -0.4 is 9.46 Å². The monoisotopic (exact) mass is 361 g/mol. The molecule has 0 aliphatic heterocycles. The van der Waals surface area contributed by atoms with Crippen LogP contribution in [-0.2, 0) is 15.8 Å². The number of halogens is 3. The highest BCUT2D eigenvalue weighted by Gasteiger charge is 2.16. The lowest BCUT2D eigenvalue weighted by Gasteiger charge is -2.10.